The van der Waals surface area contributed by atoms with Gasteiger partial charge in [-0.05, 0) is 32.3 Å². The zero-order valence-corrected chi connectivity index (χ0v) is 12.4. The topological polar surface area (TPSA) is 38.7 Å². The van der Waals surface area contributed by atoms with Crippen LogP contribution < -0.4 is 0 Å². The van der Waals surface area contributed by atoms with Gasteiger partial charge in [0.1, 0.15) is 0 Å². The fourth-order valence-electron chi connectivity index (χ4n) is 2.14. The van der Waals surface area contributed by atoms with E-state index in [-0.39, 0.29) is 16.8 Å². The minimum absolute atomic E-state index is 0.209. The summed E-state index contributed by atoms with van der Waals surface area (Å²) < 4.78 is 4.61. The highest BCUT2D eigenvalue weighted by molar-refractivity contribution is 8.15. The van der Waals surface area contributed by atoms with Crippen LogP contribution in [0.3, 0.4) is 0 Å². The molecule has 1 aromatic carbocycles. The van der Waals surface area contributed by atoms with Crippen LogP contribution in [-0.2, 0) is 16.0 Å². The number of hydrogen-bond donors (Lipinski definition) is 0. The first-order valence-corrected chi connectivity index (χ1v) is 7.22. The van der Waals surface area contributed by atoms with Crippen LogP contribution in [0.25, 0.3) is 0 Å². The van der Waals surface area contributed by atoms with Crippen molar-refractivity contribution in [3.63, 3.8) is 0 Å². The lowest BCUT2D eigenvalue weighted by atomic mass is 10.0. The molecule has 1 aliphatic heterocycles. The van der Waals surface area contributed by atoms with Gasteiger partial charge in [-0.3, -0.25) is 4.99 Å². The summed E-state index contributed by atoms with van der Waals surface area (Å²) in [6.07, 6.45) is 1.84. The molecule has 0 bridgehead atoms. The van der Waals surface area contributed by atoms with Gasteiger partial charge in [-0.2, -0.15) is 0 Å². The van der Waals surface area contributed by atoms with Crippen LogP contribution in [0.15, 0.2) is 35.3 Å². The number of carbonyl (C=O) groups excluding carboxylic acids is 1. The van der Waals surface area contributed by atoms with E-state index in [0.717, 1.165) is 17.9 Å². The highest BCUT2D eigenvalue weighted by Crippen LogP contribution is 2.39. The van der Waals surface area contributed by atoms with Gasteiger partial charge < -0.3 is 4.74 Å². The molecule has 1 unspecified atom stereocenters. The molecule has 0 fully saturated rings. The van der Waals surface area contributed by atoms with E-state index in [1.54, 1.807) is 11.8 Å². The van der Waals surface area contributed by atoms with E-state index in [9.17, 15) is 4.79 Å². The van der Waals surface area contributed by atoms with Crippen LogP contribution in [-0.4, -0.2) is 28.9 Å². The van der Waals surface area contributed by atoms with Crippen molar-refractivity contribution in [2.45, 2.75) is 37.5 Å². The van der Waals surface area contributed by atoms with E-state index < -0.39 is 0 Å². The molecule has 0 aliphatic carbocycles. The van der Waals surface area contributed by atoms with E-state index in [0.29, 0.717) is 0 Å². The third kappa shape index (κ3) is 3.38. The quantitative estimate of drug-likeness (QED) is 0.794. The Labute approximate surface area is 118 Å². The molecule has 0 saturated carbocycles. The predicted molar refractivity (Wildman–Crippen MR) is 79.7 cm³/mol. The first-order valence-electron chi connectivity index (χ1n) is 6.40. The van der Waals surface area contributed by atoms with Crippen molar-refractivity contribution >= 4 is 22.8 Å². The molecule has 0 saturated heterocycles. The fraction of sp³-hybridized carbons (Fsp3) is 0.467. The molecule has 3 nitrogen and oxygen atoms in total. The SMILES string of the molecule is COC(=O)C1N=C(CCc2ccccc2)SC1(C)C. The molecule has 19 heavy (non-hydrogen) atoms. The van der Waals surface area contributed by atoms with Gasteiger partial charge in [-0.1, -0.05) is 30.3 Å². The van der Waals surface area contributed by atoms with Crippen LogP contribution in [0.5, 0.6) is 0 Å². The summed E-state index contributed by atoms with van der Waals surface area (Å²) in [5.41, 5.74) is 1.30. The Hall–Kier alpha value is -1.29. The summed E-state index contributed by atoms with van der Waals surface area (Å²) in [6, 6.07) is 9.95. The number of hydrogen-bond acceptors (Lipinski definition) is 4. The standard InChI is InChI=1S/C15H19NO2S/c1-15(2)13(14(17)18-3)16-12(19-15)10-9-11-7-5-4-6-8-11/h4-8,13H,9-10H2,1-3H3. The number of rotatable bonds is 4. The van der Waals surface area contributed by atoms with E-state index in [4.69, 9.17) is 4.74 Å². The van der Waals surface area contributed by atoms with Crippen LogP contribution in [0, 0.1) is 0 Å². The Morgan fingerprint density at radius 1 is 1.32 bits per heavy atom. The molecule has 0 N–H and O–H groups in total. The largest absolute Gasteiger partial charge is 0.467 e. The lowest BCUT2D eigenvalue weighted by Crippen LogP contribution is -2.35. The number of carbonyl (C=O) groups is 1. The normalized spacial score (nSPS) is 21.0. The lowest BCUT2D eigenvalue weighted by molar-refractivity contribution is -0.142. The highest BCUT2D eigenvalue weighted by atomic mass is 32.2. The summed E-state index contributed by atoms with van der Waals surface area (Å²) in [4.78, 5) is 16.2. The number of ether oxygens (including phenoxy) is 1. The number of methoxy groups -OCH3 is 1. The summed E-state index contributed by atoms with van der Waals surface area (Å²) in [5, 5.41) is 1.05. The molecule has 4 heteroatoms. The molecule has 0 radical (unpaired) electrons. The maximum atomic E-state index is 11.7. The third-order valence-electron chi connectivity index (χ3n) is 3.21. The maximum absolute atomic E-state index is 11.7. The summed E-state index contributed by atoms with van der Waals surface area (Å²) in [6.45, 7) is 4.08. The van der Waals surface area contributed by atoms with Crippen LogP contribution in [0.1, 0.15) is 25.8 Å². The van der Waals surface area contributed by atoms with Crippen LogP contribution in [0.4, 0.5) is 0 Å². The van der Waals surface area contributed by atoms with Gasteiger partial charge in [0.2, 0.25) is 0 Å². The van der Waals surface area contributed by atoms with Gasteiger partial charge in [-0.15, -0.1) is 11.8 Å². The molecule has 1 aromatic rings. The van der Waals surface area contributed by atoms with Gasteiger partial charge in [0, 0.05) is 4.75 Å². The molecule has 1 aliphatic rings. The van der Waals surface area contributed by atoms with Gasteiger partial charge in [0.05, 0.1) is 12.2 Å². The minimum Gasteiger partial charge on any atom is -0.467 e. The zero-order chi connectivity index (χ0) is 13.9. The number of aryl methyl sites for hydroxylation is 1. The Kier molecular flexibility index (Phi) is 4.30. The van der Waals surface area contributed by atoms with Gasteiger partial charge >= 0.3 is 5.97 Å². The number of benzene rings is 1. The molecule has 102 valence electrons. The Morgan fingerprint density at radius 3 is 2.63 bits per heavy atom. The number of aliphatic imine (C=N–C) groups is 1. The highest BCUT2D eigenvalue weighted by Gasteiger charge is 2.42. The fourth-order valence-corrected chi connectivity index (χ4v) is 3.38. The summed E-state index contributed by atoms with van der Waals surface area (Å²) >= 11 is 1.69. The second-order valence-corrected chi connectivity index (χ2v) is 6.87. The number of esters is 1. The lowest BCUT2D eigenvalue weighted by Gasteiger charge is -2.21. The van der Waals surface area contributed by atoms with Crippen molar-refractivity contribution < 1.29 is 9.53 Å². The molecular weight excluding hydrogens is 258 g/mol. The second-order valence-electron chi connectivity index (χ2n) is 5.14. The second kappa shape index (κ2) is 5.78. The molecule has 0 spiro atoms. The Bertz CT molecular complexity index is 482. The van der Waals surface area contributed by atoms with E-state index in [1.807, 2.05) is 32.0 Å². The van der Waals surface area contributed by atoms with E-state index in [1.165, 1.54) is 12.7 Å². The summed E-state index contributed by atoms with van der Waals surface area (Å²) in [7, 11) is 1.42. The van der Waals surface area contributed by atoms with Gasteiger partial charge in [0.15, 0.2) is 6.04 Å². The van der Waals surface area contributed by atoms with Gasteiger partial charge in [0.25, 0.3) is 0 Å². The Balaban J connectivity index is 2.00. The molecule has 1 heterocycles. The number of nitrogens with zero attached hydrogens (tertiary/aromatic N) is 1. The monoisotopic (exact) mass is 277 g/mol. The molecule has 2 rings (SSSR count). The summed E-state index contributed by atoms with van der Waals surface area (Å²) in [5.74, 6) is -0.243. The van der Waals surface area contributed by atoms with E-state index >= 15 is 0 Å². The predicted octanol–water partition coefficient (Wildman–Crippen LogP) is 3.08. The zero-order valence-electron chi connectivity index (χ0n) is 11.6. The Morgan fingerprint density at radius 2 is 2.00 bits per heavy atom. The van der Waals surface area contributed by atoms with Crippen molar-refractivity contribution in [2.75, 3.05) is 7.11 Å². The van der Waals surface area contributed by atoms with Crippen LogP contribution >= 0.6 is 11.8 Å². The van der Waals surface area contributed by atoms with Crippen molar-refractivity contribution in [1.82, 2.24) is 0 Å². The smallest absolute Gasteiger partial charge is 0.332 e. The van der Waals surface area contributed by atoms with Crippen molar-refractivity contribution in [2.24, 2.45) is 4.99 Å². The van der Waals surface area contributed by atoms with Crippen molar-refractivity contribution in [1.29, 1.82) is 0 Å². The average Bonchev–Trinajstić information content (AvgIpc) is 2.72. The molecular formula is C15H19NO2S. The first-order chi connectivity index (χ1) is 9.03. The average molecular weight is 277 g/mol. The van der Waals surface area contributed by atoms with E-state index in [2.05, 4.69) is 17.1 Å². The molecule has 1 atom stereocenters. The third-order valence-corrected chi connectivity index (χ3v) is 4.50. The first kappa shape index (κ1) is 14.1. The maximum Gasteiger partial charge on any atom is 0.332 e. The van der Waals surface area contributed by atoms with Gasteiger partial charge in [-0.25, -0.2) is 4.79 Å². The van der Waals surface area contributed by atoms with Crippen LogP contribution in [0.2, 0.25) is 0 Å². The van der Waals surface area contributed by atoms with Crippen molar-refractivity contribution in [3.05, 3.63) is 35.9 Å². The van der Waals surface area contributed by atoms with Crippen molar-refractivity contribution in [3.8, 4) is 0 Å². The number of thioether (sulfide) groups is 1. The molecule has 0 amide bonds. The molecule has 0 aromatic heterocycles. The minimum atomic E-state index is -0.381.